The summed E-state index contributed by atoms with van der Waals surface area (Å²) in [6, 6.07) is 3.92. The Morgan fingerprint density at radius 1 is 1.23 bits per heavy atom. The zero-order chi connectivity index (χ0) is 29.7. The zero-order valence-electron chi connectivity index (χ0n) is 24.8. The van der Waals surface area contributed by atoms with Gasteiger partial charge >= 0.3 is 0 Å². The van der Waals surface area contributed by atoms with Crippen LogP contribution in [0, 0.1) is 28.6 Å². The number of nitrogens with zero attached hydrogens (tertiary/aromatic N) is 2. The Labute approximate surface area is 254 Å². The van der Waals surface area contributed by atoms with Crippen LogP contribution in [0.15, 0.2) is 47.4 Å². The van der Waals surface area contributed by atoms with E-state index in [2.05, 4.69) is 35.7 Å². The second-order valence-electron chi connectivity index (χ2n) is 13.7. The van der Waals surface area contributed by atoms with Crippen molar-refractivity contribution in [3.8, 4) is 0 Å². The van der Waals surface area contributed by atoms with Crippen molar-refractivity contribution in [1.82, 2.24) is 19.9 Å². The third-order valence-corrected chi connectivity index (χ3v) is 12.4. The highest BCUT2D eigenvalue weighted by molar-refractivity contribution is 7.99. The van der Waals surface area contributed by atoms with Crippen LogP contribution in [0.1, 0.15) is 59.3 Å². The summed E-state index contributed by atoms with van der Waals surface area (Å²) in [5.74, 6) is 0.572. The van der Waals surface area contributed by atoms with Crippen molar-refractivity contribution >= 4 is 45.4 Å². The minimum Gasteiger partial charge on any atom is -0.393 e. The summed E-state index contributed by atoms with van der Waals surface area (Å²) in [5, 5.41) is 12.6. The van der Waals surface area contributed by atoms with Crippen molar-refractivity contribution in [2.75, 3.05) is 5.75 Å². The topological polar surface area (TPSA) is 130 Å². The van der Waals surface area contributed by atoms with Crippen LogP contribution in [-0.2, 0) is 19.1 Å². The number of ether oxygens (including phenoxy) is 2. The molecule has 3 aromatic rings. The fourth-order valence-corrected chi connectivity index (χ4v) is 10.6. The quantitative estimate of drug-likeness (QED) is 0.326. The van der Waals surface area contributed by atoms with Crippen LogP contribution in [0.5, 0.6) is 0 Å². The number of nitrogens with one attached hydrogen (secondary N) is 2. The molecule has 0 amide bonds. The first-order valence-corrected chi connectivity index (χ1v) is 16.6. The Morgan fingerprint density at radius 3 is 2.93 bits per heavy atom. The molecule has 9 nitrogen and oxygen atoms in total. The molecule has 5 unspecified atom stereocenters. The number of aromatic nitrogens is 4. The molecular weight excluding hydrogens is 564 g/mol. The number of imidazole rings is 2. The first-order chi connectivity index (χ1) is 20.7. The summed E-state index contributed by atoms with van der Waals surface area (Å²) < 4.78 is 13.4. The number of benzene rings is 1. The molecule has 3 N–H and O–H groups in total. The number of fused-ring (bicyclic) bond motifs is 9. The van der Waals surface area contributed by atoms with Crippen LogP contribution < -0.4 is 0 Å². The van der Waals surface area contributed by atoms with E-state index in [-0.39, 0.29) is 46.6 Å². The number of H-pyrrole nitrogens is 2. The highest BCUT2D eigenvalue weighted by Crippen LogP contribution is 2.69. The molecule has 2 aromatic heterocycles. The highest BCUT2D eigenvalue weighted by atomic mass is 32.2. The normalized spacial score (nSPS) is 39.9. The number of aliphatic hydroxyl groups excluding tert-OH is 1. The molecule has 4 aliphatic carbocycles. The molecule has 3 heterocycles. The molecule has 5 aliphatic rings. The lowest BCUT2D eigenvalue weighted by Crippen LogP contribution is -2.63. The molecule has 1 aromatic carbocycles. The molecule has 4 fully saturated rings. The summed E-state index contributed by atoms with van der Waals surface area (Å²) in [6.45, 7) is 6.44. The van der Waals surface area contributed by atoms with Crippen LogP contribution in [0.2, 0.25) is 0 Å². The van der Waals surface area contributed by atoms with Gasteiger partial charge in [0.05, 0.1) is 46.4 Å². The number of hydrogen-bond acceptors (Lipinski definition) is 8. The molecular formula is C33H38N4O5S. The maximum absolute atomic E-state index is 14.6. The number of aromatic amines is 2. The van der Waals surface area contributed by atoms with Crippen LogP contribution in [-0.4, -0.2) is 66.5 Å². The standard InChI is InChI=1S/C33H38N4O5S/c1-4-5-28-41-27-11-20-19-7-6-17-10-18(38)8-9-31(17,2)29(19)25(39)14-32(20,3)33(27,42-28)26(40)15-43-30-36-23-12-21-22(35-16-34-21)13-24(23)37-30/h8-10,12-13,16,19-20,25,27-29,39H,4-7,11,14-15H2,1-3H3,(H,34,35)(H,36,37)/t19?,20?,25-,27-,28+,29?,31?,32?,33+/m0/s1. The van der Waals surface area contributed by atoms with Crippen molar-refractivity contribution in [2.24, 2.45) is 28.6 Å². The minimum absolute atomic E-state index is 0.0109. The number of carbonyl (C=O) groups is 2. The minimum atomic E-state index is -1.13. The number of carbonyl (C=O) groups excluding carboxylic acids is 2. The smallest absolute Gasteiger partial charge is 0.178 e. The van der Waals surface area contributed by atoms with E-state index in [0.717, 1.165) is 59.7 Å². The van der Waals surface area contributed by atoms with Gasteiger partial charge in [-0.1, -0.05) is 50.6 Å². The van der Waals surface area contributed by atoms with E-state index < -0.39 is 23.4 Å². The summed E-state index contributed by atoms with van der Waals surface area (Å²) in [7, 11) is 0. The van der Waals surface area contributed by atoms with E-state index in [1.807, 2.05) is 18.2 Å². The maximum Gasteiger partial charge on any atom is 0.178 e. The van der Waals surface area contributed by atoms with Crippen molar-refractivity contribution in [2.45, 2.75) is 88.6 Å². The molecule has 1 aliphatic heterocycles. The number of aliphatic hydroxyl groups is 1. The predicted octanol–water partition coefficient (Wildman–Crippen LogP) is 5.27. The lowest BCUT2D eigenvalue weighted by atomic mass is 9.46. The number of hydrogen-bond donors (Lipinski definition) is 3. The fourth-order valence-electron chi connectivity index (χ4n) is 9.73. The summed E-state index contributed by atoms with van der Waals surface area (Å²) in [5.41, 5.74) is 2.52. The molecule has 3 saturated carbocycles. The van der Waals surface area contributed by atoms with Crippen LogP contribution in [0.25, 0.3) is 22.1 Å². The van der Waals surface area contributed by atoms with Gasteiger partial charge in [-0.25, -0.2) is 9.97 Å². The van der Waals surface area contributed by atoms with Gasteiger partial charge in [0.25, 0.3) is 0 Å². The van der Waals surface area contributed by atoms with Gasteiger partial charge in [0, 0.05) is 16.7 Å². The fraction of sp³-hybridized carbons (Fsp3) is 0.576. The lowest BCUT2D eigenvalue weighted by Gasteiger charge is -2.59. The van der Waals surface area contributed by atoms with E-state index in [9.17, 15) is 14.7 Å². The molecule has 0 bridgehead atoms. The lowest BCUT2D eigenvalue weighted by molar-refractivity contribution is -0.197. The largest absolute Gasteiger partial charge is 0.393 e. The third kappa shape index (κ3) is 3.82. The summed E-state index contributed by atoms with van der Waals surface area (Å²) in [6.07, 6.45) is 10.2. The third-order valence-electron chi connectivity index (χ3n) is 11.6. The van der Waals surface area contributed by atoms with E-state index >= 15 is 0 Å². The second-order valence-corrected chi connectivity index (χ2v) is 14.7. The van der Waals surface area contributed by atoms with Crippen LogP contribution >= 0.6 is 11.8 Å². The van der Waals surface area contributed by atoms with Gasteiger partial charge in [-0.15, -0.1) is 0 Å². The second kappa shape index (κ2) is 9.60. The number of Topliss-reactive ketones (excluding diaryl/α,β-unsaturated/α-hetero) is 1. The van der Waals surface area contributed by atoms with Crippen molar-refractivity contribution in [3.63, 3.8) is 0 Å². The van der Waals surface area contributed by atoms with Crippen molar-refractivity contribution in [1.29, 1.82) is 0 Å². The van der Waals surface area contributed by atoms with Gasteiger partial charge in [-0.05, 0) is 68.2 Å². The number of rotatable bonds is 6. The number of ketones is 2. The van der Waals surface area contributed by atoms with Gasteiger partial charge in [-0.3, -0.25) is 9.59 Å². The SMILES string of the molecule is CCC[C@@H]1O[C@H]2CC3C4CCC5=CC(=O)C=CC5(C)C4[C@@H](O)CC3(C)[C@]2(C(=O)CSc2nc3cc4nc[nH]c4cc3[nH]2)O1. The van der Waals surface area contributed by atoms with Gasteiger partial charge < -0.3 is 24.5 Å². The van der Waals surface area contributed by atoms with Crippen molar-refractivity contribution in [3.05, 3.63) is 42.3 Å². The molecule has 0 spiro atoms. The first-order valence-electron chi connectivity index (χ1n) is 15.6. The predicted molar refractivity (Wildman–Crippen MR) is 162 cm³/mol. The Bertz CT molecular complexity index is 1660. The Balaban J connectivity index is 1.11. The van der Waals surface area contributed by atoms with E-state index in [0.29, 0.717) is 11.6 Å². The maximum atomic E-state index is 14.6. The highest BCUT2D eigenvalue weighted by Gasteiger charge is 2.75. The molecule has 0 radical (unpaired) electrons. The number of thioether (sulfide) groups is 1. The average Bonchev–Trinajstić information content (AvgIpc) is 3.72. The van der Waals surface area contributed by atoms with E-state index in [4.69, 9.17) is 14.5 Å². The van der Waals surface area contributed by atoms with Crippen LogP contribution in [0.3, 0.4) is 0 Å². The van der Waals surface area contributed by atoms with Crippen LogP contribution in [0.4, 0.5) is 0 Å². The number of allylic oxidation sites excluding steroid dienone is 4. The van der Waals surface area contributed by atoms with E-state index in [1.165, 1.54) is 11.8 Å². The zero-order valence-corrected chi connectivity index (χ0v) is 25.6. The van der Waals surface area contributed by atoms with Gasteiger partial charge in [-0.2, -0.15) is 0 Å². The average molecular weight is 603 g/mol. The van der Waals surface area contributed by atoms with Gasteiger partial charge in [0.15, 0.2) is 28.6 Å². The van der Waals surface area contributed by atoms with Gasteiger partial charge in [0.2, 0.25) is 0 Å². The Hall–Kier alpha value is -2.79. The Kier molecular flexibility index (Phi) is 6.19. The van der Waals surface area contributed by atoms with E-state index in [1.54, 1.807) is 18.5 Å². The molecule has 43 heavy (non-hydrogen) atoms. The monoisotopic (exact) mass is 602 g/mol. The molecule has 226 valence electrons. The van der Waals surface area contributed by atoms with Crippen molar-refractivity contribution < 1.29 is 24.2 Å². The Morgan fingerprint density at radius 2 is 2.09 bits per heavy atom. The first kappa shape index (κ1) is 27.7. The van der Waals surface area contributed by atoms with Gasteiger partial charge in [0.1, 0.15) is 0 Å². The molecule has 9 atom stereocenters. The summed E-state index contributed by atoms with van der Waals surface area (Å²) in [4.78, 5) is 42.3. The summed E-state index contributed by atoms with van der Waals surface area (Å²) >= 11 is 1.39. The molecule has 1 saturated heterocycles. The molecule has 10 heteroatoms. The molecule has 8 rings (SSSR count).